The van der Waals surface area contributed by atoms with Crippen molar-refractivity contribution in [1.29, 1.82) is 0 Å². The minimum Gasteiger partial charge on any atom is -0.496 e. The fourth-order valence-electron chi connectivity index (χ4n) is 1.84. The van der Waals surface area contributed by atoms with E-state index in [4.69, 9.17) is 19.9 Å². The molecule has 1 rings (SSSR count). The van der Waals surface area contributed by atoms with Crippen LogP contribution in [0.2, 0.25) is 0 Å². The fraction of sp³-hybridized carbons (Fsp3) is 0.571. The first-order valence-corrected chi connectivity index (χ1v) is 6.40. The molecule has 0 aliphatic heterocycles. The molecule has 0 saturated carbocycles. The lowest BCUT2D eigenvalue weighted by Gasteiger charge is -2.18. The summed E-state index contributed by atoms with van der Waals surface area (Å²) in [4.78, 5) is 0. The average molecular weight is 268 g/mol. The van der Waals surface area contributed by atoms with Crippen molar-refractivity contribution >= 4 is 5.69 Å². The van der Waals surface area contributed by atoms with E-state index in [1.54, 1.807) is 21.3 Å². The third kappa shape index (κ3) is 4.21. The molecule has 19 heavy (non-hydrogen) atoms. The lowest BCUT2D eigenvalue weighted by molar-refractivity contribution is 0.377. The zero-order valence-electron chi connectivity index (χ0n) is 12.2. The highest BCUT2D eigenvalue weighted by molar-refractivity contribution is 5.68. The number of hydrogen-bond donors (Lipinski definition) is 2. The van der Waals surface area contributed by atoms with Crippen LogP contribution in [0.3, 0.4) is 0 Å². The van der Waals surface area contributed by atoms with E-state index < -0.39 is 0 Å². The maximum Gasteiger partial charge on any atom is 0.149 e. The van der Waals surface area contributed by atoms with Gasteiger partial charge in [-0.05, 0) is 18.9 Å². The smallest absolute Gasteiger partial charge is 0.149 e. The van der Waals surface area contributed by atoms with Gasteiger partial charge in [-0.15, -0.1) is 0 Å². The van der Waals surface area contributed by atoms with Gasteiger partial charge in [-0.2, -0.15) is 0 Å². The van der Waals surface area contributed by atoms with Gasteiger partial charge < -0.3 is 25.3 Å². The van der Waals surface area contributed by atoms with E-state index in [-0.39, 0.29) is 0 Å². The molecule has 0 aliphatic carbocycles. The zero-order chi connectivity index (χ0) is 14.3. The maximum absolute atomic E-state index is 5.55. The molecule has 0 amide bonds. The van der Waals surface area contributed by atoms with Crippen molar-refractivity contribution in [3.63, 3.8) is 0 Å². The molecule has 0 fully saturated rings. The summed E-state index contributed by atoms with van der Waals surface area (Å²) < 4.78 is 16.0. The van der Waals surface area contributed by atoms with E-state index in [0.717, 1.165) is 18.7 Å². The fourth-order valence-corrected chi connectivity index (χ4v) is 1.84. The molecule has 0 saturated heterocycles. The molecule has 5 nitrogen and oxygen atoms in total. The Morgan fingerprint density at radius 1 is 1.11 bits per heavy atom. The van der Waals surface area contributed by atoms with Gasteiger partial charge in [0.25, 0.3) is 0 Å². The first-order valence-electron chi connectivity index (χ1n) is 6.40. The molecular formula is C14H24N2O3. The monoisotopic (exact) mass is 268 g/mol. The van der Waals surface area contributed by atoms with E-state index in [0.29, 0.717) is 29.7 Å². The lowest BCUT2D eigenvalue weighted by Crippen LogP contribution is -2.16. The van der Waals surface area contributed by atoms with Gasteiger partial charge in [0.15, 0.2) is 0 Å². The highest BCUT2D eigenvalue weighted by Crippen LogP contribution is 2.38. The third-order valence-electron chi connectivity index (χ3n) is 3.00. The highest BCUT2D eigenvalue weighted by Gasteiger charge is 2.13. The molecule has 0 bridgehead atoms. The Morgan fingerprint density at radius 3 is 2.11 bits per heavy atom. The molecular weight excluding hydrogens is 244 g/mol. The topological polar surface area (TPSA) is 65.7 Å². The normalized spacial score (nSPS) is 11.8. The second kappa shape index (κ2) is 7.74. The van der Waals surface area contributed by atoms with Crippen LogP contribution in [-0.2, 0) is 0 Å². The maximum atomic E-state index is 5.55. The van der Waals surface area contributed by atoms with Gasteiger partial charge in [-0.3, -0.25) is 0 Å². The van der Waals surface area contributed by atoms with Gasteiger partial charge in [-0.1, -0.05) is 6.92 Å². The van der Waals surface area contributed by atoms with Crippen LogP contribution in [0.15, 0.2) is 12.1 Å². The molecule has 0 spiro atoms. The number of nitrogens with two attached hydrogens (primary N) is 1. The van der Waals surface area contributed by atoms with Crippen LogP contribution >= 0.6 is 0 Å². The van der Waals surface area contributed by atoms with E-state index >= 15 is 0 Å². The van der Waals surface area contributed by atoms with Crippen molar-refractivity contribution in [3.05, 3.63) is 12.1 Å². The summed E-state index contributed by atoms with van der Waals surface area (Å²) in [5.74, 6) is 2.60. The molecule has 0 radical (unpaired) electrons. The van der Waals surface area contributed by atoms with Crippen LogP contribution in [0.1, 0.15) is 13.3 Å². The minimum absolute atomic E-state index is 0.488. The molecule has 0 heterocycles. The number of ether oxygens (including phenoxy) is 3. The Hall–Kier alpha value is -1.62. The molecule has 108 valence electrons. The second-order valence-electron chi connectivity index (χ2n) is 4.47. The Kier molecular flexibility index (Phi) is 6.29. The van der Waals surface area contributed by atoms with Crippen LogP contribution in [-0.4, -0.2) is 34.4 Å². The standard InChI is InChI=1S/C14H24N2O3/c1-10(5-6-15)9-16-14-12(18-3)7-11(17-2)8-13(14)19-4/h7-8,10,16H,5-6,9,15H2,1-4H3. The number of rotatable bonds is 8. The van der Waals surface area contributed by atoms with E-state index in [9.17, 15) is 0 Å². The Morgan fingerprint density at radius 2 is 1.68 bits per heavy atom. The molecule has 1 aromatic carbocycles. The van der Waals surface area contributed by atoms with Crippen LogP contribution < -0.4 is 25.3 Å². The van der Waals surface area contributed by atoms with Crippen LogP contribution in [0.4, 0.5) is 5.69 Å². The van der Waals surface area contributed by atoms with Crippen molar-refractivity contribution in [3.8, 4) is 17.2 Å². The molecule has 3 N–H and O–H groups in total. The lowest BCUT2D eigenvalue weighted by atomic mass is 10.1. The number of nitrogens with one attached hydrogen (secondary N) is 1. The first-order chi connectivity index (χ1) is 9.15. The summed E-state index contributed by atoms with van der Waals surface area (Å²) >= 11 is 0. The number of anilines is 1. The Balaban J connectivity index is 2.90. The highest BCUT2D eigenvalue weighted by atomic mass is 16.5. The summed E-state index contributed by atoms with van der Waals surface area (Å²) in [5, 5.41) is 3.36. The van der Waals surface area contributed by atoms with Crippen molar-refractivity contribution in [2.75, 3.05) is 39.7 Å². The average Bonchev–Trinajstić information content (AvgIpc) is 2.44. The van der Waals surface area contributed by atoms with Gasteiger partial charge in [0, 0.05) is 18.7 Å². The van der Waals surface area contributed by atoms with Crippen molar-refractivity contribution in [1.82, 2.24) is 0 Å². The molecule has 5 heteroatoms. The van der Waals surface area contributed by atoms with Crippen molar-refractivity contribution < 1.29 is 14.2 Å². The summed E-state index contributed by atoms with van der Waals surface area (Å²) in [7, 11) is 4.87. The van der Waals surface area contributed by atoms with Crippen molar-refractivity contribution in [2.24, 2.45) is 11.7 Å². The van der Waals surface area contributed by atoms with Crippen LogP contribution in [0.25, 0.3) is 0 Å². The quantitative estimate of drug-likeness (QED) is 0.756. The van der Waals surface area contributed by atoms with E-state index in [1.807, 2.05) is 12.1 Å². The largest absolute Gasteiger partial charge is 0.496 e. The van der Waals surface area contributed by atoms with Gasteiger partial charge in [0.05, 0.1) is 21.3 Å². The molecule has 0 aliphatic rings. The SMILES string of the molecule is COc1cc(OC)c(NCC(C)CCN)c(OC)c1. The van der Waals surface area contributed by atoms with Gasteiger partial charge in [-0.25, -0.2) is 0 Å². The predicted octanol–water partition coefficient (Wildman–Crippen LogP) is 2.11. The van der Waals surface area contributed by atoms with Gasteiger partial charge >= 0.3 is 0 Å². The Bertz CT molecular complexity index is 371. The molecule has 1 unspecified atom stereocenters. The third-order valence-corrected chi connectivity index (χ3v) is 3.00. The zero-order valence-corrected chi connectivity index (χ0v) is 12.2. The van der Waals surface area contributed by atoms with Crippen LogP contribution in [0, 0.1) is 5.92 Å². The number of hydrogen-bond acceptors (Lipinski definition) is 5. The molecule has 1 atom stereocenters. The summed E-state index contributed by atoms with van der Waals surface area (Å²) in [5.41, 5.74) is 6.40. The minimum atomic E-state index is 0.488. The molecule has 1 aromatic rings. The van der Waals surface area contributed by atoms with Crippen molar-refractivity contribution in [2.45, 2.75) is 13.3 Å². The second-order valence-corrected chi connectivity index (χ2v) is 4.47. The summed E-state index contributed by atoms with van der Waals surface area (Å²) in [6.45, 7) is 3.66. The van der Waals surface area contributed by atoms with Gasteiger partial charge in [0.1, 0.15) is 22.9 Å². The van der Waals surface area contributed by atoms with E-state index in [2.05, 4.69) is 12.2 Å². The summed E-state index contributed by atoms with van der Waals surface area (Å²) in [6, 6.07) is 3.66. The number of methoxy groups -OCH3 is 3. The molecule has 0 aromatic heterocycles. The van der Waals surface area contributed by atoms with E-state index in [1.165, 1.54) is 0 Å². The summed E-state index contributed by atoms with van der Waals surface area (Å²) in [6.07, 6.45) is 0.980. The first kappa shape index (κ1) is 15.4. The predicted molar refractivity (Wildman–Crippen MR) is 77.4 cm³/mol. The number of benzene rings is 1. The van der Waals surface area contributed by atoms with Crippen LogP contribution in [0.5, 0.6) is 17.2 Å². The van der Waals surface area contributed by atoms with Gasteiger partial charge in [0.2, 0.25) is 0 Å². The Labute approximate surface area is 115 Å².